The second kappa shape index (κ2) is 19.4. The zero-order valence-corrected chi connectivity index (χ0v) is 28.7. The zero-order valence-electron chi connectivity index (χ0n) is 25.8. The van der Waals surface area contributed by atoms with E-state index in [1.165, 1.54) is 110 Å². The Kier molecular flexibility index (Phi) is 16.0. The number of rotatable bonds is 22. The summed E-state index contributed by atoms with van der Waals surface area (Å²) in [5.41, 5.74) is 0.479. The number of unbranched alkanes of at least 4 members (excludes halogenated alkanes) is 14. The van der Waals surface area contributed by atoms with Gasteiger partial charge in [-0.15, -0.1) is 11.3 Å². The lowest BCUT2D eigenvalue weighted by Gasteiger charge is -2.13. The van der Waals surface area contributed by atoms with E-state index in [1.807, 2.05) is 12.1 Å². The molecule has 0 fully saturated rings. The van der Waals surface area contributed by atoms with Crippen LogP contribution in [0.2, 0.25) is 0 Å². The van der Waals surface area contributed by atoms with Gasteiger partial charge in [0.1, 0.15) is 4.70 Å². The summed E-state index contributed by atoms with van der Waals surface area (Å²) in [5, 5.41) is 0.850. The normalized spacial score (nSPS) is 12.2. The molecule has 0 spiro atoms. The molecule has 3 aromatic rings. The summed E-state index contributed by atoms with van der Waals surface area (Å²) in [6, 6.07) is 3.71. The van der Waals surface area contributed by atoms with E-state index < -0.39 is 5.92 Å². The molecule has 7 nitrogen and oxygen atoms in total. The first-order valence-electron chi connectivity index (χ1n) is 15.8. The molecule has 0 aliphatic carbocycles. The predicted octanol–water partition coefficient (Wildman–Crippen LogP) is 9.09. The highest BCUT2D eigenvalue weighted by Gasteiger charge is 2.19. The van der Waals surface area contributed by atoms with Crippen LogP contribution in [0.4, 0.5) is 0 Å². The van der Waals surface area contributed by atoms with Gasteiger partial charge < -0.3 is 14.2 Å². The molecule has 2 aromatic heterocycles. The molecule has 0 N–H and O–H groups in total. The van der Waals surface area contributed by atoms with E-state index in [9.17, 15) is 9.59 Å². The van der Waals surface area contributed by atoms with Crippen LogP contribution >= 0.6 is 33.9 Å². The van der Waals surface area contributed by atoms with Crippen LogP contribution in [0.1, 0.15) is 103 Å². The van der Waals surface area contributed by atoms with Gasteiger partial charge in [0.25, 0.3) is 5.56 Å². The standard InChI is InChI=1S/C33H49IN2O5S/c1-25(33(38)41-20-18-16-14-12-10-8-6-4-5-7-9-11-13-15-17-19-34)23-36-24-35-30-26-21-27(39-2)28(40-3)22-29(26)42-31(30)32(36)37/h21-22,24-25H,4-20,23H2,1-3H3/t25-/m0/s1. The number of hydrogen-bond acceptors (Lipinski definition) is 7. The number of fused-ring (bicyclic) bond motifs is 3. The Morgan fingerprint density at radius 3 is 1.93 bits per heavy atom. The van der Waals surface area contributed by atoms with Crippen LogP contribution in [-0.2, 0) is 16.1 Å². The highest BCUT2D eigenvalue weighted by Crippen LogP contribution is 2.38. The zero-order chi connectivity index (χ0) is 30.2. The molecule has 0 saturated carbocycles. The molecule has 0 amide bonds. The third-order valence-corrected chi connectivity index (χ3v) is 9.74. The number of carbonyl (C=O) groups is 1. The van der Waals surface area contributed by atoms with Crippen molar-refractivity contribution in [1.82, 2.24) is 9.55 Å². The average Bonchev–Trinajstić information content (AvgIpc) is 3.37. The van der Waals surface area contributed by atoms with E-state index in [1.54, 1.807) is 21.1 Å². The number of alkyl halides is 1. The van der Waals surface area contributed by atoms with Crippen LogP contribution in [0.5, 0.6) is 11.5 Å². The summed E-state index contributed by atoms with van der Waals surface area (Å²) in [6.45, 7) is 2.47. The van der Waals surface area contributed by atoms with Crippen LogP contribution in [-0.4, -0.2) is 40.8 Å². The first-order valence-corrected chi connectivity index (χ1v) is 18.1. The van der Waals surface area contributed by atoms with Crippen LogP contribution in [0, 0.1) is 5.92 Å². The summed E-state index contributed by atoms with van der Waals surface area (Å²) < 4.78 is 20.6. The Morgan fingerprint density at radius 1 is 0.857 bits per heavy atom. The molecule has 2 heterocycles. The Bertz CT molecular complexity index is 1290. The van der Waals surface area contributed by atoms with Gasteiger partial charge in [0.2, 0.25) is 0 Å². The highest BCUT2D eigenvalue weighted by molar-refractivity contribution is 14.1. The minimum absolute atomic E-state index is 0.156. The van der Waals surface area contributed by atoms with Crippen molar-refractivity contribution in [1.29, 1.82) is 0 Å². The fraction of sp³-hybridized carbons (Fsp3) is 0.667. The van der Waals surface area contributed by atoms with E-state index in [0.29, 0.717) is 28.3 Å². The number of esters is 1. The molecule has 1 atom stereocenters. The lowest BCUT2D eigenvalue weighted by Crippen LogP contribution is -2.27. The second-order valence-corrected chi connectivity index (χ2v) is 13.4. The molecule has 0 aliphatic heterocycles. The Balaban J connectivity index is 1.29. The van der Waals surface area contributed by atoms with Crippen molar-refractivity contribution in [3.63, 3.8) is 0 Å². The molecule has 9 heteroatoms. The van der Waals surface area contributed by atoms with Gasteiger partial charge in [-0.25, -0.2) is 4.98 Å². The van der Waals surface area contributed by atoms with Crippen LogP contribution in [0.15, 0.2) is 23.3 Å². The van der Waals surface area contributed by atoms with Gasteiger partial charge >= 0.3 is 5.97 Å². The highest BCUT2D eigenvalue weighted by atomic mass is 127. The molecule has 0 radical (unpaired) electrons. The summed E-state index contributed by atoms with van der Waals surface area (Å²) in [6.07, 6.45) is 21.2. The summed E-state index contributed by atoms with van der Waals surface area (Å²) in [7, 11) is 3.17. The number of nitrogens with zero attached hydrogens (tertiary/aromatic N) is 2. The van der Waals surface area contributed by atoms with Gasteiger partial charge in [-0.2, -0.15) is 0 Å². The van der Waals surface area contributed by atoms with Crippen molar-refractivity contribution < 1.29 is 19.0 Å². The maximum Gasteiger partial charge on any atom is 0.310 e. The number of ether oxygens (including phenoxy) is 3. The first kappa shape index (κ1) is 34.6. The Labute approximate surface area is 268 Å². The minimum atomic E-state index is -0.433. The number of aromatic nitrogens is 2. The molecule has 234 valence electrons. The Morgan fingerprint density at radius 2 is 1.38 bits per heavy atom. The van der Waals surface area contributed by atoms with Gasteiger partial charge in [0.15, 0.2) is 11.5 Å². The van der Waals surface area contributed by atoms with Crippen molar-refractivity contribution in [3.05, 3.63) is 28.8 Å². The van der Waals surface area contributed by atoms with Crippen molar-refractivity contribution in [3.8, 4) is 11.5 Å². The lowest BCUT2D eigenvalue weighted by atomic mass is 10.0. The number of thiophene rings is 1. The average molecular weight is 713 g/mol. The molecular formula is C33H49IN2O5S. The van der Waals surface area contributed by atoms with Crippen LogP contribution in [0.25, 0.3) is 20.3 Å². The third kappa shape index (κ3) is 10.7. The Hall–Kier alpha value is -1.88. The summed E-state index contributed by atoms with van der Waals surface area (Å²) in [4.78, 5) is 30.3. The van der Waals surface area contributed by atoms with Gasteiger partial charge in [-0.05, 0) is 23.3 Å². The second-order valence-electron chi connectivity index (χ2n) is 11.2. The molecule has 3 rings (SSSR count). The van der Waals surface area contributed by atoms with E-state index in [0.717, 1.165) is 22.9 Å². The van der Waals surface area contributed by atoms with Gasteiger partial charge in [0, 0.05) is 22.7 Å². The van der Waals surface area contributed by atoms with Gasteiger partial charge in [-0.1, -0.05) is 113 Å². The van der Waals surface area contributed by atoms with Gasteiger partial charge in [-0.3, -0.25) is 14.2 Å². The predicted molar refractivity (Wildman–Crippen MR) is 183 cm³/mol. The maximum absolute atomic E-state index is 13.2. The van der Waals surface area contributed by atoms with Crippen molar-refractivity contribution in [2.75, 3.05) is 25.3 Å². The van der Waals surface area contributed by atoms with E-state index >= 15 is 0 Å². The fourth-order valence-corrected chi connectivity index (χ4v) is 6.96. The smallest absolute Gasteiger partial charge is 0.310 e. The molecule has 0 aliphatic rings. The van der Waals surface area contributed by atoms with Crippen molar-refractivity contribution in [2.24, 2.45) is 5.92 Å². The lowest BCUT2D eigenvalue weighted by molar-refractivity contribution is -0.148. The minimum Gasteiger partial charge on any atom is -0.493 e. The third-order valence-electron chi connectivity index (χ3n) is 7.84. The number of methoxy groups -OCH3 is 2. The summed E-state index contributed by atoms with van der Waals surface area (Å²) >= 11 is 3.84. The van der Waals surface area contributed by atoms with E-state index in [2.05, 4.69) is 27.6 Å². The quantitative estimate of drug-likeness (QED) is 0.0448. The number of benzene rings is 1. The van der Waals surface area contributed by atoms with Gasteiger partial charge in [0.05, 0.1) is 38.6 Å². The van der Waals surface area contributed by atoms with E-state index in [-0.39, 0.29) is 18.1 Å². The molecule has 1 aromatic carbocycles. The maximum atomic E-state index is 13.2. The van der Waals surface area contributed by atoms with Crippen molar-refractivity contribution >= 4 is 60.2 Å². The largest absolute Gasteiger partial charge is 0.493 e. The number of hydrogen-bond donors (Lipinski definition) is 0. The number of carbonyl (C=O) groups excluding carboxylic acids is 1. The molecule has 0 saturated heterocycles. The van der Waals surface area contributed by atoms with Crippen molar-refractivity contribution in [2.45, 2.75) is 110 Å². The first-order chi connectivity index (χ1) is 20.5. The van der Waals surface area contributed by atoms with Crippen LogP contribution < -0.4 is 15.0 Å². The van der Waals surface area contributed by atoms with E-state index in [4.69, 9.17) is 14.2 Å². The molecular weight excluding hydrogens is 663 g/mol. The van der Waals surface area contributed by atoms with Crippen LogP contribution in [0.3, 0.4) is 0 Å². The fourth-order valence-electron chi connectivity index (χ4n) is 5.30. The molecule has 42 heavy (non-hydrogen) atoms. The molecule has 0 unspecified atom stereocenters. The summed E-state index contributed by atoms with van der Waals surface area (Å²) in [5.74, 6) is 0.499. The monoisotopic (exact) mass is 712 g/mol. The topological polar surface area (TPSA) is 79.7 Å². The SMILES string of the molecule is COc1cc2sc3c(=O)n(C[C@H](C)C(=O)OCCCCCCCCCCCCCCCCCI)cnc3c2cc1OC. The molecule has 0 bridgehead atoms. The number of halogens is 1.